The number of thioether (sulfide) groups is 1. The molecule has 2 amide bonds. The molecular formula is C29H26N2O6S2. The molecule has 0 spiro atoms. The number of nitrogens with zero attached hydrogens (tertiary/aromatic N) is 1. The Morgan fingerprint density at radius 1 is 1.00 bits per heavy atom. The molecule has 2 aromatic carbocycles. The van der Waals surface area contributed by atoms with E-state index in [0.29, 0.717) is 11.3 Å². The van der Waals surface area contributed by atoms with Crippen LogP contribution >= 0.6 is 23.1 Å². The Balaban J connectivity index is 1.40. The van der Waals surface area contributed by atoms with Crippen molar-refractivity contribution in [3.05, 3.63) is 105 Å². The highest BCUT2D eigenvalue weighted by Crippen LogP contribution is 2.41. The third-order valence-corrected chi connectivity index (χ3v) is 8.57. The van der Waals surface area contributed by atoms with Gasteiger partial charge in [0.2, 0.25) is 5.91 Å². The lowest BCUT2D eigenvalue weighted by molar-refractivity contribution is -0.155. The number of rotatable bonds is 9. The second-order valence-electron chi connectivity index (χ2n) is 9.05. The molecule has 2 atom stereocenters. The van der Waals surface area contributed by atoms with Crippen molar-refractivity contribution in [1.29, 1.82) is 0 Å². The van der Waals surface area contributed by atoms with Gasteiger partial charge in [0.15, 0.2) is 6.10 Å². The van der Waals surface area contributed by atoms with Crippen molar-refractivity contribution in [1.82, 2.24) is 10.2 Å². The average molecular weight is 563 g/mol. The van der Waals surface area contributed by atoms with Crippen LogP contribution in [0.15, 0.2) is 89.4 Å². The van der Waals surface area contributed by atoms with E-state index >= 15 is 0 Å². The summed E-state index contributed by atoms with van der Waals surface area (Å²) in [5.41, 5.74) is 2.09. The maximum atomic E-state index is 13.8. The van der Waals surface area contributed by atoms with E-state index in [9.17, 15) is 19.2 Å². The van der Waals surface area contributed by atoms with E-state index in [-0.39, 0.29) is 24.6 Å². The smallest absolute Gasteiger partial charge is 0.356 e. The summed E-state index contributed by atoms with van der Waals surface area (Å²) in [6, 6.07) is 21.6. The van der Waals surface area contributed by atoms with E-state index < -0.39 is 35.4 Å². The quantitative estimate of drug-likeness (QED) is 0.312. The maximum absolute atomic E-state index is 13.8. The number of benzene rings is 2. The van der Waals surface area contributed by atoms with Gasteiger partial charge in [0, 0.05) is 23.1 Å². The Labute approximate surface area is 234 Å². The molecule has 1 saturated heterocycles. The first kappa shape index (κ1) is 26.7. The number of hydrogen-bond donors (Lipinski definition) is 1. The van der Waals surface area contributed by atoms with Gasteiger partial charge in [-0.05, 0) is 22.6 Å². The van der Waals surface area contributed by atoms with Gasteiger partial charge in [-0.15, -0.1) is 23.1 Å². The molecule has 2 aliphatic rings. The number of carbonyl (C=O) groups is 4. The third-order valence-electron chi connectivity index (χ3n) is 6.35. The zero-order chi connectivity index (χ0) is 27.4. The van der Waals surface area contributed by atoms with Crippen molar-refractivity contribution in [2.45, 2.75) is 30.9 Å². The number of thiophene rings is 1. The molecule has 0 saturated carbocycles. The molecule has 39 heavy (non-hydrogen) atoms. The molecule has 2 aliphatic heterocycles. The van der Waals surface area contributed by atoms with Gasteiger partial charge in [0.25, 0.3) is 5.91 Å². The van der Waals surface area contributed by atoms with Crippen LogP contribution in [0.25, 0.3) is 0 Å². The zero-order valence-electron chi connectivity index (χ0n) is 21.1. The largest absolute Gasteiger partial charge is 0.461 e. The Hall–Kier alpha value is -3.89. The van der Waals surface area contributed by atoms with Crippen LogP contribution in [-0.4, -0.2) is 52.4 Å². The van der Waals surface area contributed by atoms with Crippen LogP contribution in [0.4, 0.5) is 0 Å². The highest BCUT2D eigenvalue weighted by atomic mass is 32.2. The van der Waals surface area contributed by atoms with E-state index in [1.54, 1.807) is 0 Å². The van der Waals surface area contributed by atoms with Gasteiger partial charge in [0.1, 0.15) is 23.7 Å². The summed E-state index contributed by atoms with van der Waals surface area (Å²) in [6.45, 7) is 1.14. The Bertz CT molecular complexity index is 1350. The molecule has 1 N–H and O–H groups in total. The van der Waals surface area contributed by atoms with Crippen LogP contribution in [0.1, 0.15) is 29.0 Å². The molecule has 5 rings (SSSR count). The summed E-state index contributed by atoms with van der Waals surface area (Å²) in [4.78, 5) is 53.5. The van der Waals surface area contributed by atoms with Crippen molar-refractivity contribution < 1.29 is 28.7 Å². The van der Waals surface area contributed by atoms with Crippen molar-refractivity contribution in [2.75, 3.05) is 12.4 Å². The van der Waals surface area contributed by atoms with Gasteiger partial charge in [-0.3, -0.25) is 19.3 Å². The van der Waals surface area contributed by atoms with E-state index in [1.165, 1.54) is 34.9 Å². The first-order valence-corrected chi connectivity index (χ1v) is 14.3. The van der Waals surface area contributed by atoms with Crippen molar-refractivity contribution in [3.63, 3.8) is 0 Å². The van der Waals surface area contributed by atoms with Crippen molar-refractivity contribution in [2.24, 2.45) is 0 Å². The summed E-state index contributed by atoms with van der Waals surface area (Å²) < 4.78 is 11.3. The molecule has 0 aliphatic carbocycles. The lowest BCUT2D eigenvalue weighted by Crippen LogP contribution is -2.70. The summed E-state index contributed by atoms with van der Waals surface area (Å²) in [7, 11) is 0. The summed E-state index contributed by atoms with van der Waals surface area (Å²) >= 11 is 2.87. The molecule has 0 radical (unpaired) electrons. The molecule has 1 aromatic heterocycles. The minimum Gasteiger partial charge on any atom is -0.461 e. The van der Waals surface area contributed by atoms with Crippen LogP contribution < -0.4 is 5.32 Å². The van der Waals surface area contributed by atoms with E-state index in [2.05, 4.69) is 5.32 Å². The first-order chi connectivity index (χ1) is 18.9. The SMILES string of the molecule is CC(=O)OCC1=C(C(=O)OC(c2ccccc2)c2ccccc2)N2C(=O)C(NC(=O)Cc3cccs3)[C@@H]2SC1. The monoisotopic (exact) mass is 562 g/mol. The molecule has 0 bridgehead atoms. The number of nitrogens with one attached hydrogen (secondary N) is 1. The number of amides is 2. The predicted molar refractivity (Wildman–Crippen MR) is 148 cm³/mol. The fourth-order valence-electron chi connectivity index (χ4n) is 4.51. The van der Waals surface area contributed by atoms with Crippen LogP contribution in [-0.2, 0) is 35.1 Å². The van der Waals surface area contributed by atoms with Gasteiger partial charge >= 0.3 is 11.9 Å². The molecule has 3 heterocycles. The predicted octanol–water partition coefficient (Wildman–Crippen LogP) is 3.84. The van der Waals surface area contributed by atoms with Crippen molar-refractivity contribution in [3.8, 4) is 0 Å². The number of carbonyl (C=O) groups excluding carboxylic acids is 4. The summed E-state index contributed by atoms with van der Waals surface area (Å²) in [5.74, 6) is -1.53. The number of β-lactam (4-membered cyclic amide) rings is 1. The fourth-order valence-corrected chi connectivity index (χ4v) is 6.55. The third kappa shape index (κ3) is 5.91. The second-order valence-corrected chi connectivity index (χ2v) is 11.2. The fraction of sp³-hybridized carbons (Fsp3) is 0.241. The van der Waals surface area contributed by atoms with Gasteiger partial charge in [0.05, 0.1) is 6.42 Å². The molecular weight excluding hydrogens is 536 g/mol. The molecule has 1 fully saturated rings. The highest BCUT2D eigenvalue weighted by molar-refractivity contribution is 8.00. The number of esters is 2. The average Bonchev–Trinajstić information content (AvgIpc) is 3.46. The van der Waals surface area contributed by atoms with Crippen LogP contribution in [0.3, 0.4) is 0 Å². The number of fused-ring (bicyclic) bond motifs is 1. The first-order valence-electron chi connectivity index (χ1n) is 12.3. The molecule has 10 heteroatoms. The highest BCUT2D eigenvalue weighted by Gasteiger charge is 2.54. The van der Waals surface area contributed by atoms with Crippen LogP contribution in [0, 0.1) is 0 Å². The normalized spacial score (nSPS) is 18.3. The van der Waals surface area contributed by atoms with E-state index in [1.807, 2.05) is 78.2 Å². The van der Waals surface area contributed by atoms with E-state index in [0.717, 1.165) is 16.0 Å². The van der Waals surface area contributed by atoms with Crippen molar-refractivity contribution >= 4 is 46.9 Å². The Morgan fingerprint density at radius 3 is 2.26 bits per heavy atom. The second kappa shape index (κ2) is 11.9. The zero-order valence-corrected chi connectivity index (χ0v) is 22.7. The minimum atomic E-state index is -0.764. The molecule has 200 valence electrons. The van der Waals surface area contributed by atoms with Gasteiger partial charge in [-0.25, -0.2) is 4.79 Å². The number of hydrogen-bond acceptors (Lipinski definition) is 8. The van der Waals surface area contributed by atoms with E-state index in [4.69, 9.17) is 9.47 Å². The Kier molecular flexibility index (Phi) is 8.13. The summed E-state index contributed by atoms with van der Waals surface area (Å²) in [6.07, 6.45) is -0.537. The van der Waals surface area contributed by atoms with Gasteiger partial charge < -0.3 is 14.8 Å². The lowest BCUT2D eigenvalue weighted by atomic mass is 10.0. The molecule has 8 nitrogen and oxygen atoms in total. The van der Waals surface area contributed by atoms with Crippen LogP contribution in [0.2, 0.25) is 0 Å². The standard InChI is InChI=1S/C29H26N2O6S2/c1-18(32)36-16-21-17-39-28-24(30-23(33)15-22-13-8-14-38-22)27(34)31(28)25(21)29(35)37-26(19-9-4-2-5-10-19)20-11-6-3-7-12-20/h2-14,24,26,28H,15-17H2,1H3,(H,30,33)/t24?,28-/m0/s1. The van der Waals surface area contributed by atoms with Gasteiger partial charge in [-0.2, -0.15) is 0 Å². The maximum Gasteiger partial charge on any atom is 0.356 e. The molecule has 1 unspecified atom stereocenters. The Morgan fingerprint density at radius 2 is 1.67 bits per heavy atom. The lowest BCUT2D eigenvalue weighted by Gasteiger charge is -2.49. The topological polar surface area (TPSA) is 102 Å². The minimum absolute atomic E-state index is 0.0608. The summed E-state index contributed by atoms with van der Waals surface area (Å²) in [5, 5.41) is 4.23. The number of ether oxygens (including phenoxy) is 2. The van der Waals surface area contributed by atoms with Gasteiger partial charge in [-0.1, -0.05) is 66.7 Å². The molecule has 3 aromatic rings. The van der Waals surface area contributed by atoms with Crippen LogP contribution in [0.5, 0.6) is 0 Å².